The third-order valence-electron chi connectivity index (χ3n) is 2.74. The lowest BCUT2D eigenvalue weighted by Gasteiger charge is -2.12. The van der Waals surface area contributed by atoms with Gasteiger partial charge in [0.2, 0.25) is 5.91 Å². The molecule has 0 aliphatic heterocycles. The Labute approximate surface area is 111 Å². The minimum Gasteiger partial charge on any atom is -0.457 e. The van der Waals surface area contributed by atoms with Crippen LogP contribution in [0.2, 0.25) is 0 Å². The minimum atomic E-state index is -0.610. The summed E-state index contributed by atoms with van der Waals surface area (Å²) in [6.07, 6.45) is -0.610. The Morgan fingerprint density at radius 2 is 1.79 bits per heavy atom. The number of nitrogens with two attached hydrogens (primary N) is 1. The van der Waals surface area contributed by atoms with E-state index in [0.717, 1.165) is 0 Å². The van der Waals surface area contributed by atoms with Crippen molar-refractivity contribution >= 4 is 5.91 Å². The van der Waals surface area contributed by atoms with Crippen LogP contribution in [0.25, 0.3) is 0 Å². The van der Waals surface area contributed by atoms with Gasteiger partial charge >= 0.3 is 0 Å². The van der Waals surface area contributed by atoms with Gasteiger partial charge in [-0.15, -0.1) is 0 Å². The molecule has 0 saturated carbocycles. The molecular formula is C15H15NO3. The zero-order chi connectivity index (χ0) is 13.8. The van der Waals surface area contributed by atoms with E-state index in [1.807, 2.05) is 12.1 Å². The first-order valence-corrected chi connectivity index (χ1v) is 5.92. The molecule has 2 aromatic rings. The van der Waals surface area contributed by atoms with Crippen molar-refractivity contribution in [3.8, 4) is 11.5 Å². The highest BCUT2D eigenvalue weighted by Gasteiger charge is 2.09. The van der Waals surface area contributed by atoms with Crippen LogP contribution in [0.4, 0.5) is 0 Å². The minimum absolute atomic E-state index is 0.427. The van der Waals surface area contributed by atoms with E-state index in [1.54, 1.807) is 43.3 Å². The Morgan fingerprint density at radius 3 is 2.37 bits per heavy atom. The van der Waals surface area contributed by atoms with E-state index in [2.05, 4.69) is 0 Å². The van der Waals surface area contributed by atoms with Crippen LogP contribution in [0.5, 0.6) is 11.5 Å². The number of benzene rings is 2. The molecule has 3 N–H and O–H groups in total. The number of amides is 1. The van der Waals surface area contributed by atoms with Gasteiger partial charge in [0.1, 0.15) is 11.5 Å². The maximum absolute atomic E-state index is 11.0. The number of aliphatic hydroxyl groups is 1. The standard InChI is InChI=1S/C15H15NO3/c1-10(17)13-4-2-3-5-14(13)19-12-8-6-11(7-9-12)15(16)18/h2-10,17H,1H3,(H2,16,18)/t10-/m1/s1. The lowest BCUT2D eigenvalue weighted by molar-refractivity contribution is 0.100. The van der Waals surface area contributed by atoms with Crippen LogP contribution in [0, 0.1) is 0 Å². The van der Waals surface area contributed by atoms with Crippen molar-refractivity contribution in [3.05, 3.63) is 59.7 Å². The van der Waals surface area contributed by atoms with E-state index < -0.39 is 12.0 Å². The molecule has 0 heterocycles. The summed E-state index contributed by atoms with van der Waals surface area (Å²) in [4.78, 5) is 11.0. The SMILES string of the molecule is C[C@@H](O)c1ccccc1Oc1ccc(C(N)=O)cc1. The molecule has 19 heavy (non-hydrogen) atoms. The van der Waals surface area contributed by atoms with Crippen molar-refractivity contribution in [1.29, 1.82) is 0 Å². The smallest absolute Gasteiger partial charge is 0.248 e. The highest BCUT2D eigenvalue weighted by Crippen LogP contribution is 2.29. The van der Waals surface area contributed by atoms with Crippen molar-refractivity contribution in [3.63, 3.8) is 0 Å². The van der Waals surface area contributed by atoms with Gasteiger partial charge in [-0.1, -0.05) is 18.2 Å². The normalized spacial score (nSPS) is 11.9. The fraction of sp³-hybridized carbons (Fsp3) is 0.133. The summed E-state index contributed by atoms with van der Waals surface area (Å²) in [5, 5.41) is 9.66. The highest BCUT2D eigenvalue weighted by molar-refractivity contribution is 5.92. The van der Waals surface area contributed by atoms with Crippen LogP contribution in [-0.4, -0.2) is 11.0 Å². The number of hydrogen-bond acceptors (Lipinski definition) is 3. The lowest BCUT2D eigenvalue weighted by Crippen LogP contribution is -2.10. The first-order valence-electron chi connectivity index (χ1n) is 5.92. The summed E-state index contributed by atoms with van der Waals surface area (Å²) in [6.45, 7) is 1.68. The fourth-order valence-corrected chi connectivity index (χ4v) is 1.73. The van der Waals surface area contributed by atoms with Crippen molar-refractivity contribution in [2.45, 2.75) is 13.0 Å². The van der Waals surface area contributed by atoms with Gasteiger partial charge in [0.05, 0.1) is 6.10 Å². The Balaban J connectivity index is 2.24. The van der Waals surface area contributed by atoms with Crippen LogP contribution >= 0.6 is 0 Å². The van der Waals surface area contributed by atoms with Crippen molar-refractivity contribution in [2.75, 3.05) is 0 Å². The zero-order valence-electron chi connectivity index (χ0n) is 10.5. The third-order valence-corrected chi connectivity index (χ3v) is 2.74. The molecule has 4 nitrogen and oxygen atoms in total. The van der Waals surface area contributed by atoms with E-state index >= 15 is 0 Å². The van der Waals surface area contributed by atoms with Gasteiger partial charge in [-0.2, -0.15) is 0 Å². The molecule has 0 aliphatic carbocycles. The molecule has 0 spiro atoms. The number of primary amides is 1. The first kappa shape index (κ1) is 13.1. The van der Waals surface area contributed by atoms with Crippen molar-refractivity contribution < 1.29 is 14.6 Å². The molecule has 2 aromatic carbocycles. The van der Waals surface area contributed by atoms with Crippen LogP contribution in [0.1, 0.15) is 28.9 Å². The van der Waals surface area contributed by atoms with Crippen LogP contribution in [-0.2, 0) is 0 Å². The monoisotopic (exact) mass is 257 g/mol. The molecule has 0 bridgehead atoms. The molecule has 98 valence electrons. The van der Waals surface area contributed by atoms with Gasteiger partial charge in [-0.05, 0) is 37.3 Å². The Morgan fingerprint density at radius 1 is 1.16 bits per heavy atom. The van der Waals surface area contributed by atoms with E-state index in [9.17, 15) is 9.90 Å². The second-order valence-corrected chi connectivity index (χ2v) is 4.20. The molecule has 1 amide bonds. The predicted molar refractivity (Wildman–Crippen MR) is 72.1 cm³/mol. The molecule has 0 fully saturated rings. The molecule has 0 aliphatic rings. The van der Waals surface area contributed by atoms with Gasteiger partial charge in [0, 0.05) is 11.1 Å². The van der Waals surface area contributed by atoms with Crippen molar-refractivity contribution in [2.24, 2.45) is 5.73 Å². The number of rotatable bonds is 4. The average Bonchev–Trinajstić information content (AvgIpc) is 2.39. The number of carbonyl (C=O) groups is 1. The Hall–Kier alpha value is -2.33. The average molecular weight is 257 g/mol. The zero-order valence-corrected chi connectivity index (χ0v) is 10.5. The van der Waals surface area contributed by atoms with Gasteiger partial charge in [0.25, 0.3) is 0 Å². The first-order chi connectivity index (χ1) is 9.08. The van der Waals surface area contributed by atoms with Crippen molar-refractivity contribution in [1.82, 2.24) is 0 Å². The molecule has 2 rings (SSSR count). The third kappa shape index (κ3) is 3.11. The van der Waals surface area contributed by atoms with Gasteiger partial charge in [0.15, 0.2) is 0 Å². The fourth-order valence-electron chi connectivity index (χ4n) is 1.73. The molecular weight excluding hydrogens is 242 g/mol. The number of ether oxygens (including phenoxy) is 1. The van der Waals surface area contributed by atoms with Crippen LogP contribution in [0.3, 0.4) is 0 Å². The summed E-state index contributed by atoms with van der Waals surface area (Å²) < 4.78 is 5.69. The van der Waals surface area contributed by atoms with Crippen LogP contribution in [0.15, 0.2) is 48.5 Å². The summed E-state index contributed by atoms with van der Waals surface area (Å²) in [5.74, 6) is 0.693. The Kier molecular flexibility index (Phi) is 3.82. The van der Waals surface area contributed by atoms with Gasteiger partial charge in [-0.3, -0.25) is 4.79 Å². The predicted octanol–water partition coefficient (Wildman–Crippen LogP) is 2.63. The molecule has 0 aromatic heterocycles. The number of aliphatic hydroxyl groups excluding tert-OH is 1. The van der Waals surface area contributed by atoms with E-state index in [4.69, 9.17) is 10.5 Å². The topological polar surface area (TPSA) is 72.6 Å². The summed E-state index contributed by atoms with van der Waals surface area (Å²) >= 11 is 0. The van der Waals surface area contributed by atoms with E-state index in [0.29, 0.717) is 22.6 Å². The largest absolute Gasteiger partial charge is 0.457 e. The van der Waals surface area contributed by atoms with E-state index in [1.165, 1.54) is 0 Å². The number of hydrogen-bond donors (Lipinski definition) is 2. The molecule has 0 saturated heterocycles. The molecule has 0 unspecified atom stereocenters. The van der Waals surface area contributed by atoms with Crippen LogP contribution < -0.4 is 10.5 Å². The second kappa shape index (κ2) is 5.54. The molecule has 4 heteroatoms. The Bertz CT molecular complexity index is 576. The molecule has 0 radical (unpaired) electrons. The molecule has 1 atom stereocenters. The number of para-hydroxylation sites is 1. The second-order valence-electron chi connectivity index (χ2n) is 4.20. The summed E-state index contributed by atoms with van der Waals surface area (Å²) in [6, 6.07) is 13.8. The lowest BCUT2D eigenvalue weighted by atomic mass is 10.1. The summed E-state index contributed by atoms with van der Waals surface area (Å²) in [7, 11) is 0. The highest BCUT2D eigenvalue weighted by atomic mass is 16.5. The van der Waals surface area contributed by atoms with E-state index in [-0.39, 0.29) is 0 Å². The summed E-state index contributed by atoms with van der Waals surface area (Å²) in [5.41, 5.74) is 6.30. The maximum Gasteiger partial charge on any atom is 0.248 e. The maximum atomic E-state index is 11.0. The van der Waals surface area contributed by atoms with Gasteiger partial charge < -0.3 is 15.6 Å². The number of carbonyl (C=O) groups excluding carboxylic acids is 1. The quantitative estimate of drug-likeness (QED) is 0.884. The van der Waals surface area contributed by atoms with Gasteiger partial charge in [-0.25, -0.2) is 0 Å².